The van der Waals surface area contributed by atoms with Gasteiger partial charge in [0.1, 0.15) is 17.3 Å². The predicted molar refractivity (Wildman–Crippen MR) is 115 cm³/mol. The number of amides is 1. The lowest BCUT2D eigenvalue weighted by Gasteiger charge is -2.31. The SMILES string of the molecule is CN1CCN(C/C=C/C(=O)N2CCc3ccc(Oc4cccc(F)c4)cc3C2)CC1. The predicted octanol–water partition coefficient (Wildman–Crippen LogP) is 3.31. The van der Waals surface area contributed by atoms with Gasteiger partial charge >= 0.3 is 0 Å². The van der Waals surface area contributed by atoms with Gasteiger partial charge in [-0.25, -0.2) is 4.39 Å². The van der Waals surface area contributed by atoms with Crippen LogP contribution in [0.4, 0.5) is 4.39 Å². The molecule has 0 N–H and O–H groups in total. The fourth-order valence-electron chi connectivity index (χ4n) is 3.89. The molecule has 30 heavy (non-hydrogen) atoms. The summed E-state index contributed by atoms with van der Waals surface area (Å²) in [7, 11) is 2.14. The lowest BCUT2D eigenvalue weighted by molar-refractivity contribution is -0.126. The molecule has 2 aliphatic heterocycles. The molecule has 1 amide bonds. The minimum Gasteiger partial charge on any atom is -0.457 e. The number of halogens is 1. The van der Waals surface area contributed by atoms with Crippen LogP contribution in [0.1, 0.15) is 11.1 Å². The summed E-state index contributed by atoms with van der Waals surface area (Å²) in [6, 6.07) is 12.0. The van der Waals surface area contributed by atoms with Crippen molar-refractivity contribution in [3.63, 3.8) is 0 Å². The number of benzene rings is 2. The van der Waals surface area contributed by atoms with E-state index in [1.807, 2.05) is 29.2 Å². The van der Waals surface area contributed by atoms with Gasteiger partial charge in [-0.05, 0) is 48.9 Å². The summed E-state index contributed by atoms with van der Waals surface area (Å²) in [6.07, 6.45) is 4.51. The first-order valence-corrected chi connectivity index (χ1v) is 10.5. The van der Waals surface area contributed by atoms with Crippen molar-refractivity contribution in [2.24, 2.45) is 0 Å². The summed E-state index contributed by atoms with van der Waals surface area (Å²) in [6.45, 7) is 6.33. The highest BCUT2D eigenvalue weighted by molar-refractivity contribution is 5.87. The standard InChI is InChI=1S/C24H28FN3O2/c1-26-12-14-27(15-13-26)10-3-6-24(29)28-11-9-19-7-8-23(16-20(19)18-28)30-22-5-2-4-21(25)17-22/h2-8,16-17H,9-15,18H2,1H3/b6-3+. The number of piperazine rings is 1. The Bertz CT molecular complexity index is 922. The van der Waals surface area contributed by atoms with Crippen LogP contribution in [0, 0.1) is 5.82 Å². The highest BCUT2D eigenvalue weighted by Crippen LogP contribution is 2.27. The van der Waals surface area contributed by atoms with Gasteiger partial charge < -0.3 is 14.5 Å². The average Bonchev–Trinajstić information content (AvgIpc) is 2.74. The summed E-state index contributed by atoms with van der Waals surface area (Å²) in [5.41, 5.74) is 2.31. The Labute approximate surface area is 177 Å². The highest BCUT2D eigenvalue weighted by atomic mass is 19.1. The van der Waals surface area contributed by atoms with Gasteiger partial charge in [0.2, 0.25) is 5.91 Å². The molecule has 0 bridgehead atoms. The molecule has 2 aromatic carbocycles. The van der Waals surface area contributed by atoms with E-state index in [1.165, 1.54) is 17.7 Å². The zero-order chi connectivity index (χ0) is 20.9. The quantitative estimate of drug-likeness (QED) is 0.710. The monoisotopic (exact) mass is 409 g/mol. The Morgan fingerprint density at radius 2 is 1.83 bits per heavy atom. The van der Waals surface area contributed by atoms with Crippen molar-refractivity contribution in [3.05, 3.63) is 71.6 Å². The summed E-state index contributed by atoms with van der Waals surface area (Å²) >= 11 is 0. The molecule has 0 aromatic heterocycles. The van der Waals surface area contributed by atoms with Crippen molar-refractivity contribution in [3.8, 4) is 11.5 Å². The maximum atomic E-state index is 13.4. The van der Waals surface area contributed by atoms with Gasteiger partial charge in [0.05, 0.1) is 0 Å². The second kappa shape index (κ2) is 9.41. The smallest absolute Gasteiger partial charge is 0.246 e. The van der Waals surface area contributed by atoms with Crippen LogP contribution in [0.25, 0.3) is 0 Å². The van der Waals surface area contributed by atoms with E-state index in [2.05, 4.69) is 16.8 Å². The number of ether oxygens (including phenoxy) is 1. The maximum absolute atomic E-state index is 13.4. The first-order valence-electron chi connectivity index (χ1n) is 10.5. The molecule has 0 saturated carbocycles. The van der Waals surface area contributed by atoms with E-state index in [0.717, 1.165) is 51.3 Å². The third kappa shape index (κ3) is 5.26. The molecule has 0 atom stereocenters. The first kappa shape index (κ1) is 20.6. The van der Waals surface area contributed by atoms with Crippen LogP contribution in [-0.2, 0) is 17.8 Å². The number of rotatable bonds is 5. The molecule has 0 radical (unpaired) electrons. The normalized spacial score (nSPS) is 17.9. The third-order valence-corrected chi connectivity index (χ3v) is 5.75. The van der Waals surface area contributed by atoms with Crippen molar-refractivity contribution in [1.29, 1.82) is 0 Å². The summed E-state index contributed by atoms with van der Waals surface area (Å²) < 4.78 is 19.2. The second-order valence-electron chi connectivity index (χ2n) is 8.01. The lowest BCUT2D eigenvalue weighted by atomic mass is 9.99. The molecule has 0 spiro atoms. The Kier molecular flexibility index (Phi) is 6.45. The Balaban J connectivity index is 1.35. The fourth-order valence-corrected chi connectivity index (χ4v) is 3.89. The number of carbonyl (C=O) groups is 1. The van der Waals surface area contributed by atoms with Gasteiger partial charge in [-0.2, -0.15) is 0 Å². The fraction of sp³-hybridized carbons (Fsp3) is 0.375. The Hall–Kier alpha value is -2.70. The maximum Gasteiger partial charge on any atom is 0.246 e. The van der Waals surface area contributed by atoms with Gasteiger partial charge in [-0.15, -0.1) is 0 Å². The van der Waals surface area contributed by atoms with Crippen LogP contribution in [0.3, 0.4) is 0 Å². The van der Waals surface area contributed by atoms with Crippen LogP contribution in [-0.4, -0.2) is 66.9 Å². The van der Waals surface area contributed by atoms with E-state index in [4.69, 9.17) is 4.74 Å². The minimum atomic E-state index is -0.328. The van der Waals surface area contributed by atoms with E-state index in [0.29, 0.717) is 18.0 Å². The second-order valence-corrected chi connectivity index (χ2v) is 8.01. The topological polar surface area (TPSA) is 36.0 Å². The minimum absolute atomic E-state index is 0.0474. The van der Waals surface area contributed by atoms with E-state index in [-0.39, 0.29) is 11.7 Å². The van der Waals surface area contributed by atoms with Crippen molar-refractivity contribution in [2.75, 3.05) is 46.3 Å². The third-order valence-electron chi connectivity index (χ3n) is 5.75. The number of hydrogen-bond acceptors (Lipinski definition) is 4. The zero-order valence-electron chi connectivity index (χ0n) is 17.4. The van der Waals surface area contributed by atoms with E-state index in [1.54, 1.807) is 18.2 Å². The van der Waals surface area contributed by atoms with Gasteiger partial charge in [0, 0.05) is 58.0 Å². The van der Waals surface area contributed by atoms with Crippen LogP contribution >= 0.6 is 0 Å². The van der Waals surface area contributed by atoms with Crippen LogP contribution in [0.2, 0.25) is 0 Å². The molecule has 2 heterocycles. The zero-order valence-corrected chi connectivity index (χ0v) is 17.4. The Morgan fingerprint density at radius 1 is 1.03 bits per heavy atom. The molecule has 2 aromatic rings. The largest absolute Gasteiger partial charge is 0.457 e. The van der Waals surface area contributed by atoms with Gasteiger partial charge in [0.15, 0.2) is 0 Å². The summed E-state index contributed by atoms with van der Waals surface area (Å²) in [5.74, 6) is 0.835. The molecular formula is C24H28FN3O2. The van der Waals surface area contributed by atoms with Crippen molar-refractivity contribution >= 4 is 5.91 Å². The Morgan fingerprint density at radius 3 is 2.63 bits per heavy atom. The molecule has 1 fully saturated rings. The molecule has 5 nitrogen and oxygen atoms in total. The van der Waals surface area contributed by atoms with E-state index < -0.39 is 0 Å². The van der Waals surface area contributed by atoms with Gasteiger partial charge in [-0.3, -0.25) is 9.69 Å². The van der Waals surface area contributed by atoms with Crippen molar-refractivity contribution in [2.45, 2.75) is 13.0 Å². The number of nitrogens with zero attached hydrogens (tertiary/aromatic N) is 3. The lowest BCUT2D eigenvalue weighted by Crippen LogP contribution is -2.44. The number of likely N-dealkylation sites (N-methyl/N-ethyl adjacent to an activating group) is 1. The molecule has 4 rings (SSSR count). The van der Waals surface area contributed by atoms with E-state index in [9.17, 15) is 9.18 Å². The molecule has 6 heteroatoms. The van der Waals surface area contributed by atoms with Gasteiger partial charge in [-0.1, -0.05) is 18.2 Å². The molecular weight excluding hydrogens is 381 g/mol. The van der Waals surface area contributed by atoms with Crippen molar-refractivity contribution in [1.82, 2.24) is 14.7 Å². The summed E-state index contributed by atoms with van der Waals surface area (Å²) in [4.78, 5) is 19.2. The number of fused-ring (bicyclic) bond motifs is 1. The molecule has 2 aliphatic rings. The summed E-state index contributed by atoms with van der Waals surface area (Å²) in [5, 5.41) is 0. The van der Waals surface area contributed by atoms with Crippen molar-refractivity contribution < 1.29 is 13.9 Å². The van der Waals surface area contributed by atoms with Gasteiger partial charge in [0.25, 0.3) is 0 Å². The first-order chi connectivity index (χ1) is 14.6. The van der Waals surface area contributed by atoms with Crippen LogP contribution in [0.15, 0.2) is 54.6 Å². The van der Waals surface area contributed by atoms with Crippen LogP contribution in [0.5, 0.6) is 11.5 Å². The molecule has 0 unspecified atom stereocenters. The van der Waals surface area contributed by atoms with E-state index >= 15 is 0 Å². The number of carbonyl (C=O) groups excluding carboxylic acids is 1. The van der Waals surface area contributed by atoms with Crippen LogP contribution < -0.4 is 4.74 Å². The molecule has 1 saturated heterocycles. The highest BCUT2D eigenvalue weighted by Gasteiger charge is 2.20. The number of hydrogen-bond donors (Lipinski definition) is 0. The molecule has 158 valence electrons. The average molecular weight is 410 g/mol. The molecule has 0 aliphatic carbocycles.